The van der Waals surface area contributed by atoms with Crippen LogP contribution in [0.4, 0.5) is 0 Å². The number of methoxy groups -OCH3 is 2. The summed E-state index contributed by atoms with van der Waals surface area (Å²) in [6.07, 6.45) is 0. The molecule has 0 saturated carbocycles. The van der Waals surface area contributed by atoms with Crippen LogP contribution >= 0.6 is 23.2 Å². The standard InChI is InChI=1S/C20H20Cl2N2O5/c1-26-12-18(13-6-4-7-14(21)10-13)23-29-11-16-15(8-5-9-17(16)22)19(24-28-3)20(25)27-2/h4-10H,11-12H2,1-3H3/b23-18+,24-19+. The molecule has 29 heavy (non-hydrogen) atoms. The minimum Gasteiger partial charge on any atom is -0.464 e. The number of ether oxygens (including phenoxy) is 2. The molecule has 2 rings (SSSR count). The maximum atomic E-state index is 12.1. The molecule has 0 aliphatic rings. The van der Waals surface area contributed by atoms with Crippen LogP contribution in [0.3, 0.4) is 0 Å². The number of oxime groups is 2. The molecule has 0 saturated heterocycles. The Morgan fingerprint density at radius 3 is 2.45 bits per heavy atom. The van der Waals surface area contributed by atoms with E-state index < -0.39 is 5.97 Å². The van der Waals surface area contributed by atoms with Gasteiger partial charge in [0.2, 0.25) is 0 Å². The molecule has 2 aromatic carbocycles. The van der Waals surface area contributed by atoms with Gasteiger partial charge in [0.05, 0.1) is 13.7 Å². The molecule has 0 atom stereocenters. The third kappa shape index (κ3) is 6.19. The van der Waals surface area contributed by atoms with E-state index in [1.807, 2.05) is 6.07 Å². The van der Waals surface area contributed by atoms with Crippen LogP contribution in [0.25, 0.3) is 0 Å². The second-order valence-corrected chi connectivity index (χ2v) is 6.48. The zero-order valence-corrected chi connectivity index (χ0v) is 17.7. The monoisotopic (exact) mass is 438 g/mol. The van der Waals surface area contributed by atoms with E-state index in [0.717, 1.165) is 5.56 Å². The number of hydrogen-bond donors (Lipinski definition) is 0. The van der Waals surface area contributed by atoms with E-state index in [9.17, 15) is 4.79 Å². The molecule has 2 aromatic rings. The molecular weight excluding hydrogens is 419 g/mol. The lowest BCUT2D eigenvalue weighted by molar-refractivity contribution is -0.132. The smallest absolute Gasteiger partial charge is 0.360 e. The topological polar surface area (TPSA) is 78.7 Å². The normalized spacial score (nSPS) is 11.9. The van der Waals surface area contributed by atoms with Crippen molar-refractivity contribution in [3.05, 3.63) is 69.2 Å². The van der Waals surface area contributed by atoms with Crippen molar-refractivity contribution in [2.75, 3.05) is 27.9 Å². The van der Waals surface area contributed by atoms with Crippen LogP contribution in [0, 0.1) is 0 Å². The fraction of sp³-hybridized carbons (Fsp3) is 0.250. The maximum Gasteiger partial charge on any atom is 0.360 e. The number of rotatable bonds is 9. The van der Waals surface area contributed by atoms with Gasteiger partial charge in [-0.15, -0.1) is 0 Å². The fourth-order valence-corrected chi connectivity index (χ4v) is 2.87. The number of halogens is 2. The van der Waals surface area contributed by atoms with Gasteiger partial charge in [0.25, 0.3) is 0 Å². The average molecular weight is 439 g/mol. The van der Waals surface area contributed by atoms with E-state index in [1.54, 1.807) is 43.5 Å². The molecule has 0 aromatic heterocycles. The summed E-state index contributed by atoms with van der Waals surface area (Å²) in [5.41, 5.74) is 2.18. The van der Waals surface area contributed by atoms with Crippen molar-refractivity contribution in [2.45, 2.75) is 6.61 Å². The van der Waals surface area contributed by atoms with Gasteiger partial charge in [0.1, 0.15) is 19.4 Å². The Balaban J connectivity index is 2.33. The summed E-state index contributed by atoms with van der Waals surface area (Å²) < 4.78 is 9.96. The number of nitrogens with zero attached hydrogens (tertiary/aromatic N) is 2. The average Bonchev–Trinajstić information content (AvgIpc) is 2.72. The van der Waals surface area contributed by atoms with E-state index in [1.165, 1.54) is 14.2 Å². The lowest BCUT2D eigenvalue weighted by Gasteiger charge is -2.12. The summed E-state index contributed by atoms with van der Waals surface area (Å²) in [6, 6.07) is 12.2. The Hall–Kier alpha value is -2.61. The Labute approximate surface area is 178 Å². The molecular formula is C20H20Cl2N2O5. The van der Waals surface area contributed by atoms with E-state index in [2.05, 4.69) is 10.3 Å². The largest absolute Gasteiger partial charge is 0.464 e. The van der Waals surface area contributed by atoms with E-state index in [-0.39, 0.29) is 18.9 Å². The maximum absolute atomic E-state index is 12.1. The van der Waals surface area contributed by atoms with Gasteiger partial charge in [-0.05, 0) is 18.2 Å². The minimum absolute atomic E-state index is 0.0253. The quantitative estimate of drug-likeness (QED) is 0.334. The Kier molecular flexibility index (Phi) is 8.92. The number of carbonyl (C=O) groups is 1. The second-order valence-electron chi connectivity index (χ2n) is 5.63. The first-order valence-corrected chi connectivity index (χ1v) is 9.18. The predicted octanol–water partition coefficient (Wildman–Crippen LogP) is 4.08. The van der Waals surface area contributed by atoms with Crippen LogP contribution in [-0.4, -0.2) is 45.3 Å². The van der Waals surface area contributed by atoms with Crippen LogP contribution < -0.4 is 0 Å². The molecule has 7 nitrogen and oxygen atoms in total. The molecule has 0 fully saturated rings. The number of esters is 1. The van der Waals surface area contributed by atoms with Crippen molar-refractivity contribution in [3.63, 3.8) is 0 Å². The highest BCUT2D eigenvalue weighted by Gasteiger charge is 2.21. The predicted molar refractivity (Wildman–Crippen MR) is 112 cm³/mol. The molecule has 0 aliphatic heterocycles. The Morgan fingerprint density at radius 2 is 1.79 bits per heavy atom. The van der Waals surface area contributed by atoms with Crippen LogP contribution in [0.1, 0.15) is 16.7 Å². The van der Waals surface area contributed by atoms with Crippen molar-refractivity contribution in [1.82, 2.24) is 0 Å². The number of hydrogen-bond acceptors (Lipinski definition) is 7. The van der Waals surface area contributed by atoms with Crippen LogP contribution in [0.5, 0.6) is 0 Å². The van der Waals surface area contributed by atoms with Crippen LogP contribution in [0.15, 0.2) is 52.8 Å². The van der Waals surface area contributed by atoms with Crippen molar-refractivity contribution in [3.8, 4) is 0 Å². The van der Waals surface area contributed by atoms with Gasteiger partial charge in [0.15, 0.2) is 5.71 Å². The van der Waals surface area contributed by atoms with Gasteiger partial charge in [-0.1, -0.05) is 57.8 Å². The molecule has 9 heteroatoms. The Bertz CT molecular complexity index is 915. The second kappa shape index (κ2) is 11.4. The summed E-state index contributed by atoms with van der Waals surface area (Å²) >= 11 is 12.4. The highest BCUT2D eigenvalue weighted by atomic mass is 35.5. The molecule has 0 amide bonds. The van der Waals surface area contributed by atoms with E-state index >= 15 is 0 Å². The third-order valence-corrected chi connectivity index (χ3v) is 4.35. The molecule has 0 radical (unpaired) electrons. The molecule has 0 heterocycles. The van der Waals surface area contributed by atoms with Crippen LogP contribution in [0.2, 0.25) is 10.0 Å². The summed E-state index contributed by atoms with van der Waals surface area (Å²) in [7, 11) is 4.13. The molecule has 0 spiro atoms. The summed E-state index contributed by atoms with van der Waals surface area (Å²) in [6.45, 7) is 0.191. The van der Waals surface area contributed by atoms with Gasteiger partial charge in [-0.25, -0.2) is 4.79 Å². The van der Waals surface area contributed by atoms with Crippen molar-refractivity contribution < 1.29 is 23.9 Å². The molecule has 0 N–H and O–H groups in total. The fourth-order valence-electron chi connectivity index (χ4n) is 2.45. The lowest BCUT2D eigenvalue weighted by atomic mass is 10.0. The van der Waals surface area contributed by atoms with Crippen molar-refractivity contribution in [1.29, 1.82) is 0 Å². The van der Waals surface area contributed by atoms with Gasteiger partial charge in [0, 0.05) is 33.8 Å². The first-order valence-electron chi connectivity index (χ1n) is 8.42. The number of carbonyl (C=O) groups excluding carboxylic acids is 1. The summed E-state index contributed by atoms with van der Waals surface area (Å²) in [4.78, 5) is 22.4. The molecule has 154 valence electrons. The SMILES string of the molecule is COC/C(=N\OCc1c(Cl)cccc1/C(=N\OC)C(=O)OC)c1cccc(Cl)c1. The summed E-state index contributed by atoms with van der Waals surface area (Å²) in [5, 5.41) is 8.86. The molecule has 0 bridgehead atoms. The van der Waals surface area contributed by atoms with Gasteiger partial charge >= 0.3 is 5.97 Å². The first-order chi connectivity index (χ1) is 14.0. The zero-order chi connectivity index (χ0) is 21.2. The minimum atomic E-state index is -0.669. The first kappa shape index (κ1) is 22.7. The Morgan fingerprint density at radius 1 is 1.03 bits per heavy atom. The van der Waals surface area contributed by atoms with E-state index in [0.29, 0.717) is 26.9 Å². The highest BCUT2D eigenvalue weighted by Crippen LogP contribution is 2.23. The molecule has 0 unspecified atom stereocenters. The third-order valence-electron chi connectivity index (χ3n) is 3.76. The molecule has 0 aliphatic carbocycles. The van der Waals surface area contributed by atoms with Crippen LogP contribution in [-0.2, 0) is 30.6 Å². The van der Waals surface area contributed by atoms with Crippen molar-refractivity contribution in [2.24, 2.45) is 10.3 Å². The van der Waals surface area contributed by atoms with Gasteiger partial charge in [-0.3, -0.25) is 0 Å². The van der Waals surface area contributed by atoms with Crippen molar-refractivity contribution >= 4 is 40.6 Å². The number of benzene rings is 2. The zero-order valence-electron chi connectivity index (χ0n) is 16.1. The lowest BCUT2D eigenvalue weighted by Crippen LogP contribution is -2.19. The summed E-state index contributed by atoms with van der Waals surface area (Å²) in [5.74, 6) is -0.669. The highest BCUT2D eigenvalue weighted by molar-refractivity contribution is 6.44. The van der Waals surface area contributed by atoms with Gasteiger partial charge in [-0.2, -0.15) is 0 Å². The van der Waals surface area contributed by atoms with E-state index in [4.69, 9.17) is 42.4 Å². The van der Waals surface area contributed by atoms with Gasteiger partial charge < -0.3 is 19.1 Å².